The fourth-order valence-corrected chi connectivity index (χ4v) is 4.42. The highest BCUT2D eigenvalue weighted by Crippen LogP contribution is 2.21. The van der Waals surface area contributed by atoms with E-state index in [1.165, 1.54) is 16.8 Å². The maximum atomic E-state index is 12.4. The molecule has 0 saturated heterocycles. The van der Waals surface area contributed by atoms with Crippen LogP contribution in [-0.4, -0.2) is 32.2 Å². The van der Waals surface area contributed by atoms with Gasteiger partial charge in [0.05, 0.1) is 31.1 Å². The van der Waals surface area contributed by atoms with Gasteiger partial charge in [0.25, 0.3) is 0 Å². The quantitative estimate of drug-likeness (QED) is 0.332. The predicted molar refractivity (Wildman–Crippen MR) is 136 cm³/mol. The van der Waals surface area contributed by atoms with Crippen molar-refractivity contribution in [3.63, 3.8) is 0 Å². The van der Waals surface area contributed by atoms with Crippen molar-refractivity contribution in [2.24, 2.45) is 0 Å². The van der Waals surface area contributed by atoms with Gasteiger partial charge in [-0.05, 0) is 28.1 Å². The van der Waals surface area contributed by atoms with E-state index in [9.17, 15) is 4.79 Å². The van der Waals surface area contributed by atoms with Crippen LogP contribution in [0.1, 0.15) is 10.4 Å². The van der Waals surface area contributed by atoms with E-state index in [2.05, 4.69) is 61.4 Å². The van der Waals surface area contributed by atoms with E-state index in [0.29, 0.717) is 26.1 Å². The van der Waals surface area contributed by atoms with Crippen molar-refractivity contribution in [3.05, 3.63) is 95.1 Å². The minimum Gasteiger partial charge on any atom is -0.364 e. The van der Waals surface area contributed by atoms with E-state index in [0.717, 1.165) is 28.0 Å². The van der Waals surface area contributed by atoms with Crippen molar-refractivity contribution in [3.8, 4) is 11.1 Å². The molecule has 3 heterocycles. The fourth-order valence-electron chi connectivity index (χ4n) is 3.78. The number of rotatable bonds is 9. The summed E-state index contributed by atoms with van der Waals surface area (Å²) in [7, 11) is 0. The Bertz CT molecular complexity index is 1360. The average molecular weight is 469 g/mol. The molecule has 34 heavy (non-hydrogen) atoms. The van der Waals surface area contributed by atoms with Crippen molar-refractivity contribution < 1.29 is 4.79 Å². The number of fused-ring (bicyclic) bond motifs is 1. The molecule has 2 aromatic carbocycles. The van der Waals surface area contributed by atoms with Gasteiger partial charge >= 0.3 is 0 Å². The molecule has 0 aliphatic heterocycles. The summed E-state index contributed by atoms with van der Waals surface area (Å²) in [5.74, 6) is 0.740. The van der Waals surface area contributed by atoms with Gasteiger partial charge in [0.2, 0.25) is 5.91 Å². The van der Waals surface area contributed by atoms with Gasteiger partial charge in [0.1, 0.15) is 12.1 Å². The molecule has 7 nitrogen and oxygen atoms in total. The van der Waals surface area contributed by atoms with Crippen LogP contribution in [0.4, 0.5) is 5.82 Å². The van der Waals surface area contributed by atoms with Gasteiger partial charge in [0, 0.05) is 11.4 Å². The number of thiophene rings is 1. The van der Waals surface area contributed by atoms with Gasteiger partial charge in [-0.3, -0.25) is 4.79 Å². The summed E-state index contributed by atoms with van der Waals surface area (Å²) in [5.41, 5.74) is 4.03. The number of nitrogens with zero attached hydrogens (tertiary/aromatic N) is 4. The normalized spacial score (nSPS) is 10.9. The molecular weight excluding hydrogens is 444 g/mol. The molecule has 0 aliphatic rings. The summed E-state index contributed by atoms with van der Waals surface area (Å²) in [6.45, 7) is 1.71. The van der Waals surface area contributed by atoms with E-state index >= 15 is 0 Å². The molecule has 0 spiro atoms. The van der Waals surface area contributed by atoms with E-state index in [-0.39, 0.29) is 5.91 Å². The van der Waals surface area contributed by atoms with Crippen LogP contribution >= 0.6 is 11.3 Å². The molecule has 0 saturated carbocycles. The standard InChI is InChI=1S/C26H24N6OS/c33-24(15-19-8-10-21(11-9-19)20-5-2-1-3-6-20)27-12-13-32-26-23(17-31-32)25(29-18-30-26)28-16-22-7-4-14-34-22/h1-11,14,17-18H,12-13,15-16H2,(H,27,33)(H,28,29,30). The highest BCUT2D eigenvalue weighted by Gasteiger charge is 2.10. The number of nitrogens with one attached hydrogen (secondary N) is 2. The minimum absolute atomic E-state index is 0.0168. The first-order chi connectivity index (χ1) is 16.8. The van der Waals surface area contributed by atoms with Crippen molar-refractivity contribution in [2.45, 2.75) is 19.5 Å². The van der Waals surface area contributed by atoms with Gasteiger partial charge < -0.3 is 10.6 Å². The Morgan fingerprint density at radius 3 is 2.56 bits per heavy atom. The molecule has 2 N–H and O–H groups in total. The Kier molecular flexibility index (Phi) is 6.58. The second-order valence-corrected chi connectivity index (χ2v) is 8.88. The number of hydrogen-bond donors (Lipinski definition) is 2. The molecule has 0 fully saturated rings. The first kappa shape index (κ1) is 21.8. The van der Waals surface area contributed by atoms with E-state index in [1.54, 1.807) is 22.2 Å². The first-order valence-corrected chi connectivity index (χ1v) is 12.0. The van der Waals surface area contributed by atoms with Crippen LogP contribution in [0.3, 0.4) is 0 Å². The lowest BCUT2D eigenvalue weighted by molar-refractivity contribution is -0.120. The summed E-state index contributed by atoms with van der Waals surface area (Å²) >= 11 is 1.70. The summed E-state index contributed by atoms with van der Waals surface area (Å²) in [4.78, 5) is 22.4. The number of benzene rings is 2. The van der Waals surface area contributed by atoms with Crippen LogP contribution in [0.25, 0.3) is 22.2 Å². The Hall–Kier alpha value is -4.04. The van der Waals surface area contributed by atoms with Crippen molar-refractivity contribution >= 4 is 34.1 Å². The Balaban J connectivity index is 1.14. The Morgan fingerprint density at radius 1 is 0.941 bits per heavy atom. The Labute approximate surface area is 201 Å². The molecule has 170 valence electrons. The van der Waals surface area contributed by atoms with Crippen LogP contribution in [0.5, 0.6) is 0 Å². The SMILES string of the molecule is O=C(Cc1ccc(-c2ccccc2)cc1)NCCn1ncc2c(NCc3cccs3)ncnc21. The zero-order chi connectivity index (χ0) is 23.2. The largest absolute Gasteiger partial charge is 0.364 e. The van der Waals surface area contributed by atoms with E-state index in [4.69, 9.17) is 0 Å². The molecule has 8 heteroatoms. The number of carbonyl (C=O) groups is 1. The third kappa shape index (κ3) is 5.13. The molecule has 0 atom stereocenters. The van der Waals surface area contributed by atoms with Crippen LogP contribution in [0.2, 0.25) is 0 Å². The lowest BCUT2D eigenvalue weighted by Gasteiger charge is -2.08. The number of aromatic nitrogens is 4. The second-order valence-electron chi connectivity index (χ2n) is 7.85. The first-order valence-electron chi connectivity index (χ1n) is 11.1. The van der Waals surface area contributed by atoms with E-state index in [1.807, 2.05) is 36.4 Å². The summed E-state index contributed by atoms with van der Waals surface area (Å²) in [5, 5.41) is 13.7. The molecule has 1 amide bonds. The predicted octanol–water partition coefficient (Wildman–Crippen LogP) is 4.53. The van der Waals surface area contributed by atoms with Crippen molar-refractivity contribution in [1.82, 2.24) is 25.1 Å². The van der Waals surface area contributed by atoms with Crippen LogP contribution < -0.4 is 10.6 Å². The Morgan fingerprint density at radius 2 is 1.76 bits per heavy atom. The van der Waals surface area contributed by atoms with Crippen LogP contribution in [0, 0.1) is 0 Å². The van der Waals surface area contributed by atoms with Gasteiger partial charge in [-0.1, -0.05) is 60.7 Å². The second kappa shape index (κ2) is 10.3. The summed E-state index contributed by atoms with van der Waals surface area (Å²) in [6, 6.07) is 22.4. The van der Waals surface area contributed by atoms with Gasteiger partial charge in [0.15, 0.2) is 5.65 Å². The van der Waals surface area contributed by atoms with E-state index < -0.39 is 0 Å². The topological polar surface area (TPSA) is 84.7 Å². The molecule has 3 aromatic heterocycles. The summed E-state index contributed by atoms with van der Waals surface area (Å²) < 4.78 is 1.79. The number of amides is 1. The maximum absolute atomic E-state index is 12.4. The highest BCUT2D eigenvalue weighted by atomic mass is 32.1. The van der Waals surface area contributed by atoms with Crippen LogP contribution in [-0.2, 0) is 24.3 Å². The van der Waals surface area contributed by atoms with Crippen molar-refractivity contribution in [2.75, 3.05) is 11.9 Å². The molecule has 0 unspecified atom stereocenters. The molecule has 0 bridgehead atoms. The third-order valence-electron chi connectivity index (χ3n) is 5.52. The fraction of sp³-hybridized carbons (Fsp3) is 0.154. The van der Waals surface area contributed by atoms with Gasteiger partial charge in [-0.15, -0.1) is 11.3 Å². The van der Waals surface area contributed by atoms with Gasteiger partial charge in [-0.25, -0.2) is 14.6 Å². The maximum Gasteiger partial charge on any atom is 0.224 e. The minimum atomic E-state index is -0.0168. The van der Waals surface area contributed by atoms with Crippen LogP contribution in [0.15, 0.2) is 84.6 Å². The van der Waals surface area contributed by atoms with Gasteiger partial charge in [-0.2, -0.15) is 5.10 Å². The third-order valence-corrected chi connectivity index (χ3v) is 6.39. The zero-order valence-corrected chi connectivity index (χ0v) is 19.3. The lowest BCUT2D eigenvalue weighted by atomic mass is 10.0. The lowest BCUT2D eigenvalue weighted by Crippen LogP contribution is -2.28. The monoisotopic (exact) mass is 468 g/mol. The molecule has 5 rings (SSSR count). The number of anilines is 1. The zero-order valence-electron chi connectivity index (χ0n) is 18.5. The number of carbonyl (C=O) groups excluding carboxylic acids is 1. The smallest absolute Gasteiger partial charge is 0.224 e. The molecule has 0 radical (unpaired) electrons. The van der Waals surface area contributed by atoms with Crippen molar-refractivity contribution in [1.29, 1.82) is 0 Å². The molecule has 5 aromatic rings. The average Bonchev–Trinajstić information content (AvgIpc) is 3.54. The number of hydrogen-bond acceptors (Lipinski definition) is 6. The molecular formula is C26H24N6OS. The highest BCUT2D eigenvalue weighted by molar-refractivity contribution is 7.09. The molecule has 0 aliphatic carbocycles. The summed E-state index contributed by atoms with van der Waals surface area (Å²) in [6.07, 6.45) is 3.64.